The van der Waals surface area contributed by atoms with Crippen molar-refractivity contribution >= 4 is 5.91 Å². The summed E-state index contributed by atoms with van der Waals surface area (Å²) >= 11 is 0. The highest BCUT2D eigenvalue weighted by Gasteiger charge is 2.12. The van der Waals surface area contributed by atoms with Crippen LogP contribution in [-0.2, 0) is 4.79 Å². The van der Waals surface area contributed by atoms with Crippen LogP contribution in [0.15, 0.2) is 24.3 Å². The number of rotatable bonds is 5. The molecule has 17 heavy (non-hydrogen) atoms. The maximum absolute atomic E-state index is 11.5. The van der Waals surface area contributed by atoms with Crippen LogP contribution in [0.2, 0.25) is 0 Å². The van der Waals surface area contributed by atoms with Gasteiger partial charge in [-0.3, -0.25) is 4.79 Å². The SMILES string of the molecule is Cc1cccc(OCC(=O)NCC(C)(C)N)c1. The van der Waals surface area contributed by atoms with Gasteiger partial charge in [-0.25, -0.2) is 0 Å². The number of aryl methyl sites for hydroxylation is 1. The lowest BCUT2D eigenvalue weighted by Crippen LogP contribution is -2.46. The summed E-state index contributed by atoms with van der Waals surface area (Å²) in [7, 11) is 0. The smallest absolute Gasteiger partial charge is 0.258 e. The number of hydrogen-bond acceptors (Lipinski definition) is 3. The summed E-state index contributed by atoms with van der Waals surface area (Å²) < 4.78 is 5.36. The molecule has 0 bridgehead atoms. The number of carbonyl (C=O) groups excluding carboxylic acids is 1. The minimum atomic E-state index is -0.404. The summed E-state index contributed by atoms with van der Waals surface area (Å²) in [6.07, 6.45) is 0. The van der Waals surface area contributed by atoms with E-state index < -0.39 is 5.54 Å². The van der Waals surface area contributed by atoms with Crippen LogP contribution in [0.4, 0.5) is 0 Å². The zero-order valence-electron chi connectivity index (χ0n) is 10.6. The molecule has 94 valence electrons. The van der Waals surface area contributed by atoms with Crippen molar-refractivity contribution in [3.8, 4) is 5.75 Å². The molecule has 0 aliphatic carbocycles. The predicted octanol–water partition coefficient (Wildman–Crippen LogP) is 1.23. The van der Waals surface area contributed by atoms with E-state index in [0.717, 1.165) is 5.56 Å². The molecule has 1 amide bonds. The summed E-state index contributed by atoms with van der Waals surface area (Å²) in [6.45, 7) is 6.13. The number of nitrogens with two attached hydrogens (primary N) is 1. The number of nitrogens with one attached hydrogen (secondary N) is 1. The first-order chi connectivity index (χ1) is 7.87. The molecule has 0 spiro atoms. The Kier molecular flexibility index (Phi) is 4.52. The zero-order valence-corrected chi connectivity index (χ0v) is 10.6. The average Bonchev–Trinajstić information content (AvgIpc) is 2.23. The third-order valence-corrected chi connectivity index (χ3v) is 2.10. The predicted molar refractivity (Wildman–Crippen MR) is 68.0 cm³/mol. The summed E-state index contributed by atoms with van der Waals surface area (Å²) in [6, 6.07) is 7.59. The molecule has 1 rings (SSSR count). The second-order valence-electron chi connectivity index (χ2n) is 4.87. The van der Waals surface area contributed by atoms with Gasteiger partial charge in [0, 0.05) is 12.1 Å². The molecule has 0 atom stereocenters. The maximum Gasteiger partial charge on any atom is 0.258 e. The number of hydrogen-bond donors (Lipinski definition) is 2. The second kappa shape index (κ2) is 5.68. The van der Waals surface area contributed by atoms with E-state index in [4.69, 9.17) is 10.5 Å². The minimum Gasteiger partial charge on any atom is -0.484 e. The fourth-order valence-corrected chi connectivity index (χ4v) is 1.23. The molecule has 0 unspecified atom stereocenters. The van der Waals surface area contributed by atoms with E-state index in [-0.39, 0.29) is 12.5 Å². The second-order valence-corrected chi connectivity index (χ2v) is 4.87. The number of benzene rings is 1. The van der Waals surface area contributed by atoms with Gasteiger partial charge in [0.2, 0.25) is 0 Å². The Labute approximate surface area is 102 Å². The van der Waals surface area contributed by atoms with E-state index >= 15 is 0 Å². The van der Waals surface area contributed by atoms with Crippen molar-refractivity contribution in [2.75, 3.05) is 13.2 Å². The quantitative estimate of drug-likeness (QED) is 0.808. The van der Waals surface area contributed by atoms with Crippen LogP contribution in [0.3, 0.4) is 0 Å². The average molecular weight is 236 g/mol. The number of ether oxygens (including phenoxy) is 1. The molecule has 0 radical (unpaired) electrons. The third-order valence-electron chi connectivity index (χ3n) is 2.10. The molecule has 1 aromatic rings. The molecule has 0 aromatic heterocycles. The third kappa shape index (κ3) is 5.92. The Hall–Kier alpha value is -1.55. The first-order valence-corrected chi connectivity index (χ1v) is 5.62. The zero-order chi connectivity index (χ0) is 12.9. The van der Waals surface area contributed by atoms with Crippen molar-refractivity contribution in [1.29, 1.82) is 0 Å². The molecular weight excluding hydrogens is 216 g/mol. The first-order valence-electron chi connectivity index (χ1n) is 5.62. The normalized spacial score (nSPS) is 11.1. The highest BCUT2D eigenvalue weighted by molar-refractivity contribution is 5.77. The van der Waals surface area contributed by atoms with Gasteiger partial charge in [0.05, 0.1) is 0 Å². The van der Waals surface area contributed by atoms with Crippen LogP contribution in [-0.4, -0.2) is 24.6 Å². The van der Waals surface area contributed by atoms with Gasteiger partial charge in [-0.2, -0.15) is 0 Å². The molecule has 0 fully saturated rings. The number of amides is 1. The fourth-order valence-electron chi connectivity index (χ4n) is 1.23. The lowest BCUT2D eigenvalue weighted by Gasteiger charge is -2.18. The molecule has 1 aromatic carbocycles. The molecule has 0 aliphatic rings. The molecule has 0 heterocycles. The maximum atomic E-state index is 11.5. The van der Waals surface area contributed by atoms with Gasteiger partial charge in [0.1, 0.15) is 5.75 Å². The van der Waals surface area contributed by atoms with Gasteiger partial charge < -0.3 is 15.8 Å². The summed E-state index contributed by atoms with van der Waals surface area (Å²) in [5, 5.41) is 2.72. The number of carbonyl (C=O) groups is 1. The van der Waals surface area contributed by atoms with Crippen molar-refractivity contribution in [2.45, 2.75) is 26.3 Å². The summed E-state index contributed by atoms with van der Waals surface area (Å²) in [5.74, 6) is 0.539. The van der Waals surface area contributed by atoms with Gasteiger partial charge in [-0.05, 0) is 38.5 Å². The van der Waals surface area contributed by atoms with Crippen molar-refractivity contribution < 1.29 is 9.53 Å². The Morgan fingerprint density at radius 1 is 1.47 bits per heavy atom. The van der Waals surface area contributed by atoms with E-state index in [0.29, 0.717) is 12.3 Å². The largest absolute Gasteiger partial charge is 0.484 e. The van der Waals surface area contributed by atoms with Gasteiger partial charge in [-0.15, -0.1) is 0 Å². The molecule has 0 saturated heterocycles. The molecule has 4 nitrogen and oxygen atoms in total. The van der Waals surface area contributed by atoms with Gasteiger partial charge in [0.15, 0.2) is 6.61 Å². The summed E-state index contributed by atoms with van der Waals surface area (Å²) in [4.78, 5) is 11.5. The molecule has 3 N–H and O–H groups in total. The van der Waals surface area contributed by atoms with E-state index in [2.05, 4.69) is 5.32 Å². The van der Waals surface area contributed by atoms with Crippen LogP contribution in [0.1, 0.15) is 19.4 Å². The van der Waals surface area contributed by atoms with Crippen LogP contribution in [0.5, 0.6) is 5.75 Å². The fraction of sp³-hybridized carbons (Fsp3) is 0.462. The minimum absolute atomic E-state index is 0.0134. The van der Waals surface area contributed by atoms with Crippen LogP contribution >= 0.6 is 0 Å². The first kappa shape index (κ1) is 13.5. The van der Waals surface area contributed by atoms with E-state index in [1.54, 1.807) is 0 Å². The van der Waals surface area contributed by atoms with Gasteiger partial charge in [-0.1, -0.05) is 12.1 Å². The Balaban J connectivity index is 2.33. The lowest BCUT2D eigenvalue weighted by atomic mass is 10.1. The topological polar surface area (TPSA) is 64.3 Å². The standard InChI is InChI=1S/C13H20N2O2/c1-10-5-4-6-11(7-10)17-8-12(16)15-9-13(2,3)14/h4-7H,8-9,14H2,1-3H3,(H,15,16). The van der Waals surface area contributed by atoms with Crippen molar-refractivity contribution in [3.63, 3.8) is 0 Å². The Bertz CT molecular complexity index is 383. The van der Waals surface area contributed by atoms with Crippen LogP contribution in [0.25, 0.3) is 0 Å². The molecule has 4 heteroatoms. The molecule has 0 saturated carbocycles. The van der Waals surface area contributed by atoms with Crippen LogP contribution in [0, 0.1) is 6.92 Å². The van der Waals surface area contributed by atoms with Crippen molar-refractivity contribution in [2.24, 2.45) is 5.73 Å². The highest BCUT2D eigenvalue weighted by atomic mass is 16.5. The van der Waals surface area contributed by atoms with Gasteiger partial charge >= 0.3 is 0 Å². The Morgan fingerprint density at radius 3 is 2.76 bits per heavy atom. The molecular formula is C13H20N2O2. The van der Waals surface area contributed by atoms with Crippen LogP contribution < -0.4 is 15.8 Å². The van der Waals surface area contributed by atoms with E-state index in [9.17, 15) is 4.79 Å². The molecule has 0 aliphatic heterocycles. The Morgan fingerprint density at radius 2 is 2.18 bits per heavy atom. The van der Waals surface area contributed by atoms with E-state index in [1.165, 1.54) is 0 Å². The summed E-state index contributed by atoms with van der Waals surface area (Å²) in [5.41, 5.74) is 6.45. The van der Waals surface area contributed by atoms with E-state index in [1.807, 2.05) is 45.0 Å². The van der Waals surface area contributed by atoms with Gasteiger partial charge in [0.25, 0.3) is 5.91 Å². The van der Waals surface area contributed by atoms with Crippen molar-refractivity contribution in [1.82, 2.24) is 5.32 Å². The van der Waals surface area contributed by atoms with Crippen molar-refractivity contribution in [3.05, 3.63) is 29.8 Å². The lowest BCUT2D eigenvalue weighted by molar-refractivity contribution is -0.123. The monoisotopic (exact) mass is 236 g/mol. The highest BCUT2D eigenvalue weighted by Crippen LogP contribution is 2.11.